The highest BCUT2D eigenvalue weighted by molar-refractivity contribution is 7.10. The summed E-state index contributed by atoms with van der Waals surface area (Å²) in [5.74, 6) is 0.971. The molecule has 0 saturated heterocycles. The van der Waals surface area contributed by atoms with E-state index in [4.69, 9.17) is 0 Å². The molecule has 0 spiro atoms. The summed E-state index contributed by atoms with van der Waals surface area (Å²) in [7, 11) is 0. The Balaban J connectivity index is 1.76. The highest BCUT2D eigenvalue weighted by Gasteiger charge is 2.41. The van der Waals surface area contributed by atoms with Gasteiger partial charge in [0.2, 0.25) is 5.91 Å². The van der Waals surface area contributed by atoms with Gasteiger partial charge in [-0.1, -0.05) is 13.8 Å². The van der Waals surface area contributed by atoms with Crippen LogP contribution < -0.4 is 5.32 Å². The van der Waals surface area contributed by atoms with E-state index in [1.807, 2.05) is 11.3 Å². The summed E-state index contributed by atoms with van der Waals surface area (Å²) in [4.78, 5) is 16.1. The van der Waals surface area contributed by atoms with Gasteiger partial charge in [-0.25, -0.2) is 0 Å². The van der Waals surface area contributed by atoms with Gasteiger partial charge < -0.3 is 10.2 Å². The standard InChI is InChI=1S/C15H22N2OS/c1-10(2)16-9-14(18)17-7-5-13-12(6-8-19-13)15(17)11-3-4-11/h6,8,10-11,15-16H,3-5,7,9H2,1-2H3. The van der Waals surface area contributed by atoms with Crippen molar-refractivity contribution in [3.05, 3.63) is 21.9 Å². The number of rotatable bonds is 4. The third-order valence-electron chi connectivity index (χ3n) is 4.06. The van der Waals surface area contributed by atoms with Crippen LogP contribution in [0.3, 0.4) is 0 Å². The van der Waals surface area contributed by atoms with Crippen molar-refractivity contribution in [1.29, 1.82) is 0 Å². The first-order valence-corrected chi connectivity index (χ1v) is 8.14. The Hall–Kier alpha value is -0.870. The first kappa shape index (κ1) is 13.1. The van der Waals surface area contributed by atoms with Crippen molar-refractivity contribution in [2.75, 3.05) is 13.1 Å². The molecule has 1 aromatic heterocycles. The van der Waals surface area contributed by atoms with Crippen LogP contribution in [0.2, 0.25) is 0 Å². The average Bonchev–Trinajstić information content (AvgIpc) is 3.11. The molecule has 3 nitrogen and oxygen atoms in total. The zero-order chi connectivity index (χ0) is 13.4. The molecule has 1 aromatic rings. The van der Waals surface area contributed by atoms with Gasteiger partial charge in [0.1, 0.15) is 0 Å². The number of hydrogen-bond donors (Lipinski definition) is 1. The quantitative estimate of drug-likeness (QED) is 0.918. The van der Waals surface area contributed by atoms with Crippen LogP contribution in [0.4, 0.5) is 0 Å². The van der Waals surface area contributed by atoms with E-state index < -0.39 is 0 Å². The fraction of sp³-hybridized carbons (Fsp3) is 0.667. The second kappa shape index (κ2) is 5.25. The zero-order valence-corrected chi connectivity index (χ0v) is 12.5. The maximum atomic E-state index is 12.4. The Morgan fingerprint density at radius 1 is 1.53 bits per heavy atom. The van der Waals surface area contributed by atoms with Crippen molar-refractivity contribution in [3.63, 3.8) is 0 Å². The van der Waals surface area contributed by atoms with Crippen LogP contribution in [0, 0.1) is 5.92 Å². The number of fused-ring (bicyclic) bond motifs is 1. The molecule has 1 aliphatic heterocycles. The number of hydrogen-bond acceptors (Lipinski definition) is 3. The molecule has 2 aliphatic rings. The lowest BCUT2D eigenvalue weighted by Crippen LogP contribution is -2.45. The number of carbonyl (C=O) groups is 1. The summed E-state index contributed by atoms with van der Waals surface area (Å²) in [6.07, 6.45) is 3.59. The third-order valence-corrected chi connectivity index (χ3v) is 5.06. The second-order valence-electron chi connectivity index (χ2n) is 5.95. The highest BCUT2D eigenvalue weighted by Crippen LogP contribution is 2.48. The molecule has 1 fully saturated rings. The molecule has 1 N–H and O–H groups in total. The Kier molecular flexibility index (Phi) is 3.63. The zero-order valence-electron chi connectivity index (χ0n) is 11.7. The number of thiophene rings is 1. The summed E-state index contributed by atoms with van der Waals surface area (Å²) in [5, 5.41) is 5.43. The van der Waals surface area contributed by atoms with Crippen LogP contribution in [0.1, 0.15) is 43.2 Å². The minimum atomic E-state index is 0.266. The molecule has 3 rings (SSSR count). The summed E-state index contributed by atoms with van der Waals surface area (Å²) in [6.45, 7) is 5.53. The Morgan fingerprint density at radius 2 is 2.32 bits per heavy atom. The molecule has 1 amide bonds. The smallest absolute Gasteiger partial charge is 0.237 e. The Bertz CT molecular complexity index is 464. The largest absolute Gasteiger partial charge is 0.334 e. The van der Waals surface area contributed by atoms with Crippen molar-refractivity contribution < 1.29 is 4.79 Å². The topological polar surface area (TPSA) is 32.3 Å². The fourth-order valence-corrected chi connectivity index (χ4v) is 3.85. The van der Waals surface area contributed by atoms with Gasteiger partial charge in [-0.05, 0) is 42.2 Å². The molecule has 1 unspecified atom stereocenters. The van der Waals surface area contributed by atoms with Crippen LogP contribution >= 0.6 is 11.3 Å². The number of nitrogens with one attached hydrogen (secondary N) is 1. The number of amides is 1. The normalized spacial score (nSPS) is 22.7. The monoisotopic (exact) mass is 278 g/mol. The van der Waals surface area contributed by atoms with Crippen LogP contribution in [-0.4, -0.2) is 29.9 Å². The van der Waals surface area contributed by atoms with E-state index in [1.54, 1.807) is 0 Å². The molecule has 1 atom stereocenters. The summed E-state index contributed by atoms with van der Waals surface area (Å²) < 4.78 is 0. The van der Waals surface area contributed by atoms with E-state index >= 15 is 0 Å². The predicted octanol–water partition coefficient (Wildman–Crippen LogP) is 2.58. The van der Waals surface area contributed by atoms with Crippen molar-refractivity contribution in [2.45, 2.75) is 45.2 Å². The molecule has 1 saturated carbocycles. The fourth-order valence-electron chi connectivity index (χ4n) is 2.94. The van der Waals surface area contributed by atoms with E-state index in [9.17, 15) is 4.79 Å². The molecule has 104 valence electrons. The van der Waals surface area contributed by atoms with E-state index in [2.05, 4.69) is 35.5 Å². The van der Waals surface area contributed by atoms with Crippen LogP contribution in [0.15, 0.2) is 11.4 Å². The van der Waals surface area contributed by atoms with E-state index in [0.717, 1.165) is 13.0 Å². The van der Waals surface area contributed by atoms with E-state index in [0.29, 0.717) is 24.5 Å². The van der Waals surface area contributed by atoms with Crippen LogP contribution in [-0.2, 0) is 11.2 Å². The maximum absolute atomic E-state index is 12.4. The minimum absolute atomic E-state index is 0.266. The molecule has 0 radical (unpaired) electrons. The molecule has 19 heavy (non-hydrogen) atoms. The van der Waals surface area contributed by atoms with Gasteiger partial charge >= 0.3 is 0 Å². The number of carbonyl (C=O) groups excluding carboxylic acids is 1. The van der Waals surface area contributed by atoms with Crippen molar-refractivity contribution in [3.8, 4) is 0 Å². The second-order valence-corrected chi connectivity index (χ2v) is 6.95. The summed E-state index contributed by atoms with van der Waals surface area (Å²) in [6, 6.07) is 2.96. The first-order chi connectivity index (χ1) is 9.16. The van der Waals surface area contributed by atoms with Crippen LogP contribution in [0.5, 0.6) is 0 Å². The van der Waals surface area contributed by atoms with Gasteiger partial charge in [0.05, 0.1) is 12.6 Å². The van der Waals surface area contributed by atoms with Crippen molar-refractivity contribution >= 4 is 17.2 Å². The maximum Gasteiger partial charge on any atom is 0.237 e. The average molecular weight is 278 g/mol. The molecule has 2 heterocycles. The van der Waals surface area contributed by atoms with Crippen molar-refractivity contribution in [1.82, 2.24) is 10.2 Å². The van der Waals surface area contributed by atoms with Gasteiger partial charge in [0.15, 0.2) is 0 Å². The molecular weight excluding hydrogens is 256 g/mol. The minimum Gasteiger partial charge on any atom is -0.334 e. The number of nitrogens with zero attached hydrogens (tertiary/aromatic N) is 1. The molecular formula is C15H22N2OS. The lowest BCUT2D eigenvalue weighted by atomic mass is 9.96. The van der Waals surface area contributed by atoms with Gasteiger partial charge in [-0.2, -0.15) is 0 Å². The molecule has 0 bridgehead atoms. The van der Waals surface area contributed by atoms with Gasteiger partial charge in [-0.3, -0.25) is 4.79 Å². The SMILES string of the molecule is CC(C)NCC(=O)N1CCc2sccc2C1C1CC1. The molecule has 4 heteroatoms. The van der Waals surface area contributed by atoms with Gasteiger partial charge in [-0.15, -0.1) is 11.3 Å². The van der Waals surface area contributed by atoms with Gasteiger partial charge in [0.25, 0.3) is 0 Å². The first-order valence-electron chi connectivity index (χ1n) is 7.26. The third kappa shape index (κ3) is 2.70. The predicted molar refractivity (Wildman–Crippen MR) is 78.3 cm³/mol. The Morgan fingerprint density at radius 3 is 3.00 bits per heavy atom. The molecule has 1 aliphatic carbocycles. The lowest BCUT2D eigenvalue weighted by Gasteiger charge is -2.36. The summed E-state index contributed by atoms with van der Waals surface area (Å²) >= 11 is 1.85. The highest BCUT2D eigenvalue weighted by atomic mass is 32.1. The molecule has 0 aromatic carbocycles. The summed E-state index contributed by atoms with van der Waals surface area (Å²) in [5.41, 5.74) is 1.43. The van der Waals surface area contributed by atoms with E-state index in [1.165, 1.54) is 23.3 Å². The van der Waals surface area contributed by atoms with E-state index in [-0.39, 0.29) is 5.91 Å². The van der Waals surface area contributed by atoms with Crippen LogP contribution in [0.25, 0.3) is 0 Å². The van der Waals surface area contributed by atoms with Gasteiger partial charge in [0, 0.05) is 17.5 Å². The lowest BCUT2D eigenvalue weighted by molar-refractivity contribution is -0.133. The van der Waals surface area contributed by atoms with Crippen molar-refractivity contribution in [2.24, 2.45) is 5.92 Å². The Labute approximate surface area is 119 Å².